The number of halogens is 1. The number of nitrogens with zero attached hydrogens (tertiary/aromatic N) is 2. The number of carbonyl (C=O) groups is 1. The Balaban J connectivity index is 1.54. The van der Waals surface area contributed by atoms with Crippen LogP contribution in [0.3, 0.4) is 0 Å². The molecule has 2 amide bonds. The second-order valence-electron chi connectivity index (χ2n) is 4.30. The van der Waals surface area contributed by atoms with Crippen LogP contribution in [0.4, 0.5) is 10.5 Å². The van der Waals surface area contributed by atoms with Gasteiger partial charge in [0.2, 0.25) is 11.7 Å². The van der Waals surface area contributed by atoms with E-state index in [1.54, 1.807) is 24.3 Å². The second kappa shape index (κ2) is 6.59. The van der Waals surface area contributed by atoms with Gasteiger partial charge in [-0.25, -0.2) is 4.79 Å². The van der Waals surface area contributed by atoms with E-state index in [4.69, 9.17) is 16.1 Å². The molecule has 0 fully saturated rings. The molecule has 0 aliphatic heterocycles. The van der Waals surface area contributed by atoms with Crippen LogP contribution in [-0.2, 0) is 6.54 Å². The van der Waals surface area contributed by atoms with Crippen LogP contribution < -0.4 is 10.6 Å². The summed E-state index contributed by atoms with van der Waals surface area (Å²) in [5.74, 6) is 0.861. The lowest BCUT2D eigenvalue weighted by Gasteiger charge is -2.05. The van der Waals surface area contributed by atoms with Gasteiger partial charge in [-0.2, -0.15) is 4.98 Å². The highest BCUT2D eigenvalue weighted by Crippen LogP contribution is 2.21. The van der Waals surface area contributed by atoms with Crippen molar-refractivity contribution in [2.24, 2.45) is 0 Å². The first-order chi connectivity index (χ1) is 10.7. The van der Waals surface area contributed by atoms with Crippen LogP contribution in [0.25, 0.3) is 10.7 Å². The van der Waals surface area contributed by atoms with E-state index in [2.05, 4.69) is 20.8 Å². The maximum absolute atomic E-state index is 11.8. The van der Waals surface area contributed by atoms with Crippen molar-refractivity contribution in [2.45, 2.75) is 6.54 Å². The average molecular weight is 335 g/mol. The van der Waals surface area contributed by atoms with Gasteiger partial charge in [-0.05, 0) is 35.7 Å². The van der Waals surface area contributed by atoms with Gasteiger partial charge >= 0.3 is 6.03 Å². The number of rotatable bonds is 4. The Morgan fingerprint density at radius 3 is 2.82 bits per heavy atom. The van der Waals surface area contributed by atoms with Crippen molar-refractivity contribution in [3.63, 3.8) is 0 Å². The highest BCUT2D eigenvalue weighted by molar-refractivity contribution is 7.13. The minimum atomic E-state index is -0.363. The summed E-state index contributed by atoms with van der Waals surface area (Å²) in [5.41, 5.74) is 0.645. The lowest BCUT2D eigenvalue weighted by molar-refractivity contribution is 0.249. The molecule has 0 bridgehead atoms. The molecule has 0 saturated carbocycles. The summed E-state index contributed by atoms with van der Waals surface area (Å²) in [4.78, 5) is 16.9. The SMILES string of the molecule is O=C(NCc1nc(-c2cccs2)no1)Nc1ccc(Cl)cc1. The van der Waals surface area contributed by atoms with Crippen LogP contribution in [0.2, 0.25) is 5.02 Å². The van der Waals surface area contributed by atoms with E-state index in [0.29, 0.717) is 22.4 Å². The van der Waals surface area contributed by atoms with Crippen molar-refractivity contribution in [1.29, 1.82) is 0 Å². The summed E-state index contributed by atoms with van der Waals surface area (Å²) in [7, 11) is 0. The summed E-state index contributed by atoms with van der Waals surface area (Å²) in [6.07, 6.45) is 0. The molecule has 3 aromatic rings. The normalized spacial score (nSPS) is 10.4. The summed E-state index contributed by atoms with van der Waals surface area (Å²) in [5, 5.41) is 11.7. The molecule has 3 rings (SSSR count). The molecule has 0 spiro atoms. The van der Waals surface area contributed by atoms with Crippen molar-refractivity contribution in [3.05, 3.63) is 52.7 Å². The Morgan fingerprint density at radius 1 is 1.27 bits per heavy atom. The number of amides is 2. The summed E-state index contributed by atoms with van der Waals surface area (Å²) in [6, 6.07) is 10.3. The minimum Gasteiger partial charge on any atom is -0.337 e. The predicted octanol–water partition coefficient (Wildman–Crippen LogP) is 3.77. The highest BCUT2D eigenvalue weighted by atomic mass is 35.5. The van der Waals surface area contributed by atoms with E-state index in [1.165, 1.54) is 11.3 Å². The van der Waals surface area contributed by atoms with Crippen molar-refractivity contribution in [1.82, 2.24) is 15.5 Å². The molecule has 2 heterocycles. The highest BCUT2D eigenvalue weighted by Gasteiger charge is 2.10. The number of thiophene rings is 1. The molecule has 0 aliphatic rings. The van der Waals surface area contributed by atoms with Gasteiger partial charge in [-0.1, -0.05) is 22.8 Å². The summed E-state index contributed by atoms with van der Waals surface area (Å²) in [6.45, 7) is 0.151. The topological polar surface area (TPSA) is 80.1 Å². The van der Waals surface area contributed by atoms with Crippen LogP contribution in [0, 0.1) is 0 Å². The summed E-state index contributed by atoms with van der Waals surface area (Å²) >= 11 is 7.30. The quantitative estimate of drug-likeness (QED) is 0.761. The number of hydrogen-bond acceptors (Lipinski definition) is 5. The van der Waals surface area contributed by atoms with Crippen molar-refractivity contribution in [2.75, 3.05) is 5.32 Å². The molecule has 0 unspecified atom stereocenters. The smallest absolute Gasteiger partial charge is 0.319 e. The Hall–Kier alpha value is -2.38. The molecule has 2 N–H and O–H groups in total. The first-order valence-corrected chi connectivity index (χ1v) is 7.63. The van der Waals surface area contributed by atoms with Crippen molar-refractivity contribution >= 4 is 34.7 Å². The fourth-order valence-electron chi connectivity index (χ4n) is 1.70. The lowest BCUT2D eigenvalue weighted by Crippen LogP contribution is -2.28. The second-order valence-corrected chi connectivity index (χ2v) is 5.69. The van der Waals surface area contributed by atoms with Gasteiger partial charge in [0.1, 0.15) is 0 Å². The molecular weight excluding hydrogens is 324 g/mol. The monoisotopic (exact) mass is 334 g/mol. The predicted molar refractivity (Wildman–Crippen MR) is 84.9 cm³/mol. The Kier molecular flexibility index (Phi) is 4.36. The van der Waals surface area contributed by atoms with Gasteiger partial charge < -0.3 is 15.2 Å². The summed E-state index contributed by atoms with van der Waals surface area (Å²) < 4.78 is 5.09. The average Bonchev–Trinajstić information content (AvgIpc) is 3.18. The van der Waals surface area contributed by atoms with Gasteiger partial charge in [0, 0.05) is 10.7 Å². The van der Waals surface area contributed by atoms with Gasteiger partial charge in [0.25, 0.3) is 0 Å². The third kappa shape index (κ3) is 3.63. The minimum absolute atomic E-state index is 0.151. The van der Waals surface area contributed by atoms with Crippen LogP contribution in [-0.4, -0.2) is 16.2 Å². The van der Waals surface area contributed by atoms with Crippen LogP contribution in [0.1, 0.15) is 5.89 Å². The van der Waals surface area contributed by atoms with Gasteiger partial charge in [0.15, 0.2) is 0 Å². The van der Waals surface area contributed by atoms with Crippen LogP contribution in [0.15, 0.2) is 46.3 Å². The molecule has 0 atom stereocenters. The standard InChI is InChI=1S/C14H11ClN4O2S/c15-9-3-5-10(6-4-9)17-14(20)16-8-12-18-13(19-21-12)11-2-1-7-22-11/h1-7H,8H2,(H2,16,17,20). The number of hydrogen-bond donors (Lipinski definition) is 2. The first-order valence-electron chi connectivity index (χ1n) is 6.37. The molecule has 0 radical (unpaired) electrons. The van der Waals surface area contributed by atoms with Gasteiger partial charge in [-0.15, -0.1) is 11.3 Å². The van der Waals surface area contributed by atoms with E-state index in [-0.39, 0.29) is 12.6 Å². The molecule has 0 saturated heterocycles. The molecule has 1 aromatic carbocycles. The van der Waals surface area contributed by atoms with Crippen LogP contribution in [0.5, 0.6) is 0 Å². The largest absolute Gasteiger partial charge is 0.337 e. The van der Waals surface area contributed by atoms with E-state index in [9.17, 15) is 4.79 Å². The van der Waals surface area contributed by atoms with Gasteiger partial charge in [-0.3, -0.25) is 0 Å². The zero-order valence-corrected chi connectivity index (χ0v) is 12.8. The Labute approximate surface area is 135 Å². The fourth-order valence-corrected chi connectivity index (χ4v) is 2.47. The van der Waals surface area contributed by atoms with Crippen molar-refractivity contribution in [3.8, 4) is 10.7 Å². The number of carbonyl (C=O) groups excluding carboxylic acids is 1. The fraction of sp³-hybridized carbons (Fsp3) is 0.0714. The van der Waals surface area contributed by atoms with Crippen LogP contribution >= 0.6 is 22.9 Å². The number of anilines is 1. The number of benzene rings is 1. The van der Waals surface area contributed by atoms with E-state index < -0.39 is 0 Å². The number of nitrogens with one attached hydrogen (secondary N) is 2. The first kappa shape index (κ1) is 14.6. The molecule has 6 nitrogen and oxygen atoms in total. The third-order valence-corrected chi connectivity index (χ3v) is 3.83. The van der Waals surface area contributed by atoms with Crippen molar-refractivity contribution < 1.29 is 9.32 Å². The molecule has 112 valence electrons. The maximum atomic E-state index is 11.8. The molecular formula is C14H11ClN4O2S. The van der Waals surface area contributed by atoms with E-state index in [1.807, 2.05) is 17.5 Å². The third-order valence-electron chi connectivity index (χ3n) is 2.71. The van der Waals surface area contributed by atoms with E-state index in [0.717, 1.165) is 4.88 Å². The molecule has 0 aliphatic carbocycles. The zero-order chi connectivity index (χ0) is 15.4. The molecule has 2 aromatic heterocycles. The van der Waals surface area contributed by atoms with E-state index >= 15 is 0 Å². The number of aromatic nitrogens is 2. The zero-order valence-electron chi connectivity index (χ0n) is 11.2. The Morgan fingerprint density at radius 2 is 2.09 bits per heavy atom. The molecule has 22 heavy (non-hydrogen) atoms. The molecule has 8 heteroatoms. The Bertz CT molecular complexity index is 756. The van der Waals surface area contributed by atoms with Gasteiger partial charge in [0.05, 0.1) is 11.4 Å². The lowest BCUT2D eigenvalue weighted by atomic mass is 10.3. The maximum Gasteiger partial charge on any atom is 0.319 e. The number of urea groups is 1.